The first-order valence-corrected chi connectivity index (χ1v) is 8.20. The van der Waals surface area contributed by atoms with Crippen LogP contribution in [0.25, 0.3) is 0 Å². The van der Waals surface area contributed by atoms with Crippen molar-refractivity contribution in [2.45, 2.75) is 45.3 Å². The van der Waals surface area contributed by atoms with E-state index in [9.17, 15) is 4.79 Å². The van der Waals surface area contributed by atoms with Gasteiger partial charge < -0.3 is 9.15 Å². The molecule has 5 heteroatoms. The summed E-state index contributed by atoms with van der Waals surface area (Å²) in [6.45, 7) is 2.99. The highest BCUT2D eigenvalue weighted by molar-refractivity contribution is 5.68. The molecule has 0 N–H and O–H groups in total. The zero-order chi connectivity index (χ0) is 16.1. The molecule has 5 nitrogen and oxygen atoms in total. The van der Waals surface area contributed by atoms with Gasteiger partial charge in [-0.25, -0.2) is 9.78 Å². The number of rotatable bonds is 4. The summed E-state index contributed by atoms with van der Waals surface area (Å²) in [7, 11) is 0. The topological polar surface area (TPSA) is 55.6 Å². The number of ether oxygens (including phenoxy) is 1. The SMILES string of the molecule is CCc1cnc([C@@H]2CCCCN2C(=O)OCc2ccccc2)o1. The number of likely N-dealkylation sites (tertiary alicyclic amines) is 1. The van der Waals surface area contributed by atoms with Crippen LogP contribution in [0.15, 0.2) is 40.9 Å². The average molecular weight is 314 g/mol. The molecule has 1 aromatic carbocycles. The van der Waals surface area contributed by atoms with E-state index in [1.807, 2.05) is 37.3 Å². The van der Waals surface area contributed by atoms with E-state index in [-0.39, 0.29) is 18.7 Å². The largest absolute Gasteiger partial charge is 0.445 e. The second-order valence-corrected chi connectivity index (χ2v) is 5.76. The van der Waals surface area contributed by atoms with Crippen LogP contribution in [0.5, 0.6) is 0 Å². The quantitative estimate of drug-likeness (QED) is 0.852. The molecule has 1 aliphatic rings. The lowest BCUT2D eigenvalue weighted by atomic mass is 10.0. The van der Waals surface area contributed by atoms with E-state index >= 15 is 0 Å². The van der Waals surface area contributed by atoms with E-state index in [0.29, 0.717) is 12.4 Å². The van der Waals surface area contributed by atoms with Crippen molar-refractivity contribution in [2.24, 2.45) is 0 Å². The molecule has 0 aliphatic carbocycles. The summed E-state index contributed by atoms with van der Waals surface area (Å²) in [5, 5.41) is 0. The van der Waals surface area contributed by atoms with E-state index in [1.54, 1.807) is 11.1 Å². The van der Waals surface area contributed by atoms with E-state index < -0.39 is 0 Å². The van der Waals surface area contributed by atoms with Crippen molar-refractivity contribution in [3.63, 3.8) is 0 Å². The van der Waals surface area contributed by atoms with Crippen molar-refractivity contribution in [2.75, 3.05) is 6.54 Å². The van der Waals surface area contributed by atoms with Crippen molar-refractivity contribution in [1.82, 2.24) is 9.88 Å². The fourth-order valence-corrected chi connectivity index (χ4v) is 2.85. The van der Waals surface area contributed by atoms with Gasteiger partial charge in [0.1, 0.15) is 18.4 Å². The summed E-state index contributed by atoms with van der Waals surface area (Å²) >= 11 is 0. The predicted molar refractivity (Wildman–Crippen MR) is 85.8 cm³/mol. The summed E-state index contributed by atoms with van der Waals surface area (Å²) in [5.74, 6) is 1.47. The molecule has 1 atom stereocenters. The summed E-state index contributed by atoms with van der Waals surface area (Å²) in [6.07, 6.45) is 5.17. The molecule has 23 heavy (non-hydrogen) atoms. The summed E-state index contributed by atoms with van der Waals surface area (Å²) < 4.78 is 11.2. The number of benzene rings is 1. The molecule has 0 saturated carbocycles. The predicted octanol–water partition coefficient (Wildman–Crippen LogP) is 4.10. The Labute approximate surface area is 136 Å². The van der Waals surface area contributed by atoms with Crippen LogP contribution < -0.4 is 0 Å². The number of piperidine rings is 1. The number of hydrogen-bond acceptors (Lipinski definition) is 4. The Bertz CT molecular complexity index is 639. The van der Waals surface area contributed by atoms with Crippen molar-refractivity contribution in [1.29, 1.82) is 0 Å². The molecule has 0 spiro atoms. The molecule has 0 unspecified atom stereocenters. The minimum absolute atomic E-state index is 0.118. The normalized spacial score (nSPS) is 18.0. The first kappa shape index (κ1) is 15.6. The van der Waals surface area contributed by atoms with Gasteiger partial charge in [0.25, 0.3) is 0 Å². The van der Waals surface area contributed by atoms with Gasteiger partial charge in [-0.1, -0.05) is 37.3 Å². The Balaban J connectivity index is 1.66. The molecule has 1 amide bonds. The second-order valence-electron chi connectivity index (χ2n) is 5.76. The van der Waals surface area contributed by atoms with E-state index in [2.05, 4.69) is 4.98 Å². The Morgan fingerprint density at radius 3 is 2.91 bits per heavy atom. The fraction of sp³-hybridized carbons (Fsp3) is 0.444. The van der Waals surface area contributed by atoms with Gasteiger partial charge in [0.05, 0.1) is 6.20 Å². The molecule has 0 radical (unpaired) electrons. The van der Waals surface area contributed by atoms with Crippen LogP contribution in [0.2, 0.25) is 0 Å². The van der Waals surface area contributed by atoms with Crippen LogP contribution in [0.3, 0.4) is 0 Å². The van der Waals surface area contributed by atoms with E-state index in [4.69, 9.17) is 9.15 Å². The standard InChI is InChI=1S/C18H22N2O3/c1-2-15-12-19-17(23-15)16-10-6-7-11-20(16)18(21)22-13-14-8-4-3-5-9-14/h3-5,8-9,12,16H,2,6-7,10-11,13H2,1H3/t16-/m0/s1. The zero-order valence-electron chi connectivity index (χ0n) is 13.4. The van der Waals surface area contributed by atoms with Crippen molar-refractivity contribution in [3.05, 3.63) is 53.7 Å². The third-order valence-corrected chi connectivity index (χ3v) is 4.15. The smallest absolute Gasteiger partial charge is 0.410 e. The number of hydrogen-bond donors (Lipinski definition) is 0. The number of nitrogens with zero attached hydrogens (tertiary/aromatic N) is 2. The molecular weight excluding hydrogens is 292 g/mol. The maximum atomic E-state index is 12.5. The van der Waals surface area contributed by atoms with E-state index in [1.165, 1.54) is 0 Å². The lowest BCUT2D eigenvalue weighted by Crippen LogP contribution is -2.39. The molecule has 122 valence electrons. The van der Waals surface area contributed by atoms with Crippen LogP contribution in [0.1, 0.15) is 49.4 Å². The molecule has 3 rings (SSSR count). The highest BCUT2D eigenvalue weighted by atomic mass is 16.6. The van der Waals surface area contributed by atoms with Gasteiger partial charge in [0, 0.05) is 13.0 Å². The van der Waals surface area contributed by atoms with Gasteiger partial charge >= 0.3 is 6.09 Å². The van der Waals surface area contributed by atoms with Gasteiger partial charge in [-0.2, -0.15) is 0 Å². The van der Waals surface area contributed by atoms with Crippen LogP contribution >= 0.6 is 0 Å². The fourth-order valence-electron chi connectivity index (χ4n) is 2.85. The maximum absolute atomic E-state index is 12.5. The van der Waals surface area contributed by atoms with Crippen molar-refractivity contribution >= 4 is 6.09 Å². The molecule has 2 heterocycles. The Morgan fingerprint density at radius 2 is 2.17 bits per heavy atom. The molecule has 1 fully saturated rings. The number of oxazole rings is 1. The number of carbonyl (C=O) groups is 1. The zero-order valence-corrected chi connectivity index (χ0v) is 13.4. The highest BCUT2D eigenvalue weighted by Crippen LogP contribution is 2.31. The minimum Gasteiger partial charge on any atom is -0.445 e. The molecule has 2 aromatic rings. The summed E-state index contributed by atoms with van der Waals surface area (Å²) in [4.78, 5) is 18.6. The first-order valence-electron chi connectivity index (χ1n) is 8.20. The van der Waals surface area contributed by atoms with Gasteiger partial charge in [-0.15, -0.1) is 0 Å². The summed E-state index contributed by atoms with van der Waals surface area (Å²) in [5.41, 5.74) is 0.985. The maximum Gasteiger partial charge on any atom is 0.410 e. The third kappa shape index (κ3) is 3.73. The monoisotopic (exact) mass is 314 g/mol. The molecule has 1 aliphatic heterocycles. The van der Waals surface area contributed by atoms with Gasteiger partial charge in [-0.05, 0) is 24.8 Å². The lowest BCUT2D eigenvalue weighted by Gasteiger charge is -2.32. The molecule has 1 saturated heterocycles. The van der Waals surface area contributed by atoms with Gasteiger partial charge in [-0.3, -0.25) is 4.90 Å². The number of carbonyl (C=O) groups excluding carboxylic acids is 1. The molecule has 0 bridgehead atoms. The Kier molecular flexibility index (Phi) is 4.95. The average Bonchev–Trinajstić information content (AvgIpc) is 3.09. The Hall–Kier alpha value is -2.30. The highest BCUT2D eigenvalue weighted by Gasteiger charge is 2.32. The summed E-state index contributed by atoms with van der Waals surface area (Å²) in [6, 6.07) is 9.59. The van der Waals surface area contributed by atoms with Crippen LogP contribution in [-0.4, -0.2) is 22.5 Å². The van der Waals surface area contributed by atoms with E-state index in [0.717, 1.165) is 37.0 Å². The van der Waals surface area contributed by atoms with Gasteiger partial charge in [0.2, 0.25) is 5.89 Å². The van der Waals surface area contributed by atoms with Crippen LogP contribution in [-0.2, 0) is 17.8 Å². The van der Waals surface area contributed by atoms with Crippen molar-refractivity contribution in [3.8, 4) is 0 Å². The number of aryl methyl sites for hydroxylation is 1. The second kappa shape index (κ2) is 7.31. The molecular formula is C18H22N2O3. The first-order chi connectivity index (χ1) is 11.3. The van der Waals surface area contributed by atoms with Crippen molar-refractivity contribution < 1.29 is 13.9 Å². The molecule has 1 aromatic heterocycles. The van der Waals surface area contributed by atoms with Crippen LogP contribution in [0.4, 0.5) is 4.79 Å². The number of aromatic nitrogens is 1. The minimum atomic E-state index is -0.296. The van der Waals surface area contributed by atoms with Crippen LogP contribution in [0, 0.1) is 0 Å². The number of amides is 1. The third-order valence-electron chi connectivity index (χ3n) is 4.15. The van der Waals surface area contributed by atoms with Gasteiger partial charge in [0.15, 0.2) is 0 Å². The Morgan fingerprint density at radius 1 is 1.35 bits per heavy atom. The lowest BCUT2D eigenvalue weighted by molar-refractivity contribution is 0.0606.